The van der Waals surface area contributed by atoms with Gasteiger partial charge in [0.05, 0.1) is 7.11 Å². The first kappa shape index (κ1) is 15.8. The molecular formula is C12H25N3O2S. The summed E-state index contributed by atoms with van der Waals surface area (Å²) >= 11 is 1.86. The average molecular weight is 275 g/mol. The van der Waals surface area contributed by atoms with Crippen LogP contribution in [0.15, 0.2) is 0 Å². The van der Waals surface area contributed by atoms with E-state index in [2.05, 4.69) is 21.6 Å². The summed E-state index contributed by atoms with van der Waals surface area (Å²) in [6, 6.07) is -0.467. The van der Waals surface area contributed by atoms with Gasteiger partial charge in [0.2, 0.25) is 0 Å². The Morgan fingerprint density at radius 3 is 2.61 bits per heavy atom. The molecule has 1 unspecified atom stereocenters. The summed E-state index contributed by atoms with van der Waals surface area (Å²) < 4.78 is 4.59. The van der Waals surface area contributed by atoms with Crippen molar-refractivity contribution in [1.82, 2.24) is 9.80 Å². The summed E-state index contributed by atoms with van der Waals surface area (Å²) in [4.78, 5) is 15.9. The standard InChI is InChI=1S/C12H25N3O2S/c1-14-4-6-15(7-5-14)8-10-18-9-3-11(13)12(16)17-2/h11H,3-10,13H2,1-2H3. The molecule has 1 heterocycles. The Morgan fingerprint density at radius 2 is 2.00 bits per heavy atom. The van der Waals surface area contributed by atoms with Gasteiger partial charge in [-0.05, 0) is 19.2 Å². The van der Waals surface area contributed by atoms with E-state index in [0.29, 0.717) is 6.42 Å². The van der Waals surface area contributed by atoms with Gasteiger partial charge >= 0.3 is 5.97 Å². The van der Waals surface area contributed by atoms with Gasteiger partial charge in [0.25, 0.3) is 0 Å². The molecule has 18 heavy (non-hydrogen) atoms. The van der Waals surface area contributed by atoms with E-state index in [1.54, 1.807) is 0 Å². The van der Waals surface area contributed by atoms with Crippen molar-refractivity contribution in [3.63, 3.8) is 0 Å². The Hall–Kier alpha value is -0.300. The second kappa shape index (κ2) is 8.74. The Labute approximate surface area is 114 Å². The lowest BCUT2D eigenvalue weighted by atomic mass is 10.2. The number of esters is 1. The minimum atomic E-state index is -0.467. The smallest absolute Gasteiger partial charge is 0.322 e. The van der Waals surface area contributed by atoms with Crippen molar-refractivity contribution >= 4 is 17.7 Å². The first-order valence-corrected chi connectivity index (χ1v) is 7.61. The van der Waals surface area contributed by atoms with Crippen LogP contribution < -0.4 is 5.73 Å². The van der Waals surface area contributed by atoms with Crippen LogP contribution in [-0.2, 0) is 9.53 Å². The first-order valence-electron chi connectivity index (χ1n) is 6.45. The largest absolute Gasteiger partial charge is 0.468 e. The van der Waals surface area contributed by atoms with Gasteiger partial charge in [0.1, 0.15) is 6.04 Å². The molecule has 0 aromatic heterocycles. The maximum absolute atomic E-state index is 11.1. The fourth-order valence-electron chi connectivity index (χ4n) is 1.85. The van der Waals surface area contributed by atoms with Crippen LogP contribution in [0.2, 0.25) is 0 Å². The Morgan fingerprint density at radius 1 is 1.33 bits per heavy atom. The van der Waals surface area contributed by atoms with E-state index in [9.17, 15) is 4.79 Å². The van der Waals surface area contributed by atoms with Gasteiger partial charge in [-0.1, -0.05) is 0 Å². The second-order valence-corrected chi connectivity index (χ2v) is 5.90. The number of ether oxygens (including phenoxy) is 1. The van der Waals surface area contributed by atoms with E-state index >= 15 is 0 Å². The number of rotatable bonds is 7. The zero-order valence-electron chi connectivity index (χ0n) is 11.4. The van der Waals surface area contributed by atoms with Gasteiger partial charge < -0.3 is 15.4 Å². The maximum Gasteiger partial charge on any atom is 0.322 e. The highest BCUT2D eigenvalue weighted by atomic mass is 32.2. The highest BCUT2D eigenvalue weighted by Gasteiger charge is 2.14. The zero-order valence-corrected chi connectivity index (χ0v) is 12.2. The van der Waals surface area contributed by atoms with E-state index < -0.39 is 6.04 Å². The van der Waals surface area contributed by atoms with E-state index in [-0.39, 0.29) is 5.97 Å². The van der Waals surface area contributed by atoms with E-state index in [0.717, 1.165) is 31.1 Å². The summed E-state index contributed by atoms with van der Waals surface area (Å²) in [6.07, 6.45) is 0.695. The van der Waals surface area contributed by atoms with Gasteiger partial charge in [0.15, 0.2) is 0 Å². The number of carbonyl (C=O) groups excluding carboxylic acids is 1. The van der Waals surface area contributed by atoms with Crippen LogP contribution in [0.25, 0.3) is 0 Å². The molecule has 1 rings (SSSR count). The monoisotopic (exact) mass is 275 g/mol. The molecule has 1 atom stereocenters. The van der Waals surface area contributed by atoms with E-state index in [1.165, 1.54) is 20.2 Å². The van der Waals surface area contributed by atoms with Crippen LogP contribution in [0.4, 0.5) is 0 Å². The zero-order chi connectivity index (χ0) is 13.4. The summed E-state index contributed by atoms with van der Waals surface area (Å²) in [5.74, 6) is 1.72. The van der Waals surface area contributed by atoms with Crippen molar-refractivity contribution < 1.29 is 9.53 Å². The van der Waals surface area contributed by atoms with Gasteiger partial charge in [-0.2, -0.15) is 11.8 Å². The van der Waals surface area contributed by atoms with E-state index in [4.69, 9.17) is 5.73 Å². The molecule has 0 aromatic rings. The lowest BCUT2D eigenvalue weighted by Gasteiger charge is -2.32. The number of hydrogen-bond acceptors (Lipinski definition) is 6. The first-order chi connectivity index (χ1) is 8.63. The van der Waals surface area contributed by atoms with Crippen molar-refractivity contribution in [2.24, 2.45) is 5.73 Å². The highest BCUT2D eigenvalue weighted by Crippen LogP contribution is 2.07. The molecule has 6 heteroatoms. The van der Waals surface area contributed by atoms with Gasteiger partial charge in [0, 0.05) is 38.5 Å². The molecule has 2 N–H and O–H groups in total. The molecule has 1 aliphatic rings. The van der Waals surface area contributed by atoms with Gasteiger partial charge in [-0.3, -0.25) is 9.69 Å². The highest BCUT2D eigenvalue weighted by molar-refractivity contribution is 7.99. The molecule has 0 spiro atoms. The molecule has 0 amide bonds. The number of methoxy groups -OCH3 is 1. The van der Waals surface area contributed by atoms with Crippen molar-refractivity contribution in [3.8, 4) is 0 Å². The number of likely N-dealkylation sites (N-methyl/N-ethyl adjacent to an activating group) is 1. The summed E-state index contributed by atoms with van der Waals surface area (Å²) in [5.41, 5.74) is 5.66. The Bertz CT molecular complexity index is 245. The van der Waals surface area contributed by atoms with Crippen molar-refractivity contribution in [2.45, 2.75) is 12.5 Å². The molecule has 1 aliphatic heterocycles. The summed E-state index contributed by atoms with van der Waals surface area (Å²) in [6.45, 7) is 5.79. The van der Waals surface area contributed by atoms with Crippen LogP contribution in [0.5, 0.6) is 0 Å². The lowest BCUT2D eigenvalue weighted by Crippen LogP contribution is -2.45. The molecule has 106 valence electrons. The Kier molecular flexibility index (Phi) is 7.65. The average Bonchev–Trinajstić information content (AvgIpc) is 2.39. The van der Waals surface area contributed by atoms with Crippen molar-refractivity contribution in [2.75, 3.05) is 58.4 Å². The molecule has 0 saturated carbocycles. The number of thioether (sulfide) groups is 1. The number of nitrogens with zero attached hydrogens (tertiary/aromatic N) is 2. The third kappa shape index (κ3) is 6.04. The number of hydrogen-bond donors (Lipinski definition) is 1. The minimum Gasteiger partial charge on any atom is -0.468 e. The van der Waals surface area contributed by atoms with Gasteiger partial charge in [-0.15, -0.1) is 0 Å². The molecule has 0 aliphatic carbocycles. The lowest BCUT2D eigenvalue weighted by molar-refractivity contribution is -0.142. The molecule has 0 aromatic carbocycles. The second-order valence-electron chi connectivity index (χ2n) is 4.68. The number of nitrogens with two attached hydrogens (primary N) is 1. The SMILES string of the molecule is COC(=O)C(N)CCSCCN1CCN(C)CC1. The Balaban J connectivity index is 1.97. The molecule has 5 nitrogen and oxygen atoms in total. The quantitative estimate of drug-likeness (QED) is 0.515. The fraction of sp³-hybridized carbons (Fsp3) is 0.917. The number of carbonyl (C=O) groups is 1. The number of piperazine rings is 1. The molecule has 1 saturated heterocycles. The predicted octanol–water partition coefficient (Wildman–Crippen LogP) is -0.143. The van der Waals surface area contributed by atoms with Crippen molar-refractivity contribution in [1.29, 1.82) is 0 Å². The molecular weight excluding hydrogens is 250 g/mol. The minimum absolute atomic E-state index is 0.310. The topological polar surface area (TPSA) is 58.8 Å². The third-order valence-corrected chi connectivity index (χ3v) is 4.22. The normalized spacial score (nSPS) is 19.7. The summed E-state index contributed by atoms with van der Waals surface area (Å²) in [5, 5.41) is 0. The van der Waals surface area contributed by atoms with E-state index in [1.807, 2.05) is 11.8 Å². The molecule has 1 fully saturated rings. The van der Waals surface area contributed by atoms with Crippen LogP contribution in [0.3, 0.4) is 0 Å². The van der Waals surface area contributed by atoms with Crippen LogP contribution in [-0.4, -0.2) is 80.2 Å². The van der Waals surface area contributed by atoms with Crippen molar-refractivity contribution in [3.05, 3.63) is 0 Å². The fourth-order valence-corrected chi connectivity index (χ4v) is 2.86. The summed E-state index contributed by atoms with van der Waals surface area (Å²) in [7, 11) is 3.54. The molecule has 0 bridgehead atoms. The predicted molar refractivity (Wildman–Crippen MR) is 75.9 cm³/mol. The maximum atomic E-state index is 11.1. The van der Waals surface area contributed by atoms with Crippen LogP contribution in [0, 0.1) is 0 Å². The molecule has 0 radical (unpaired) electrons. The van der Waals surface area contributed by atoms with Crippen LogP contribution in [0.1, 0.15) is 6.42 Å². The van der Waals surface area contributed by atoms with Gasteiger partial charge in [-0.25, -0.2) is 0 Å². The third-order valence-electron chi connectivity index (χ3n) is 3.22. The van der Waals surface area contributed by atoms with Crippen LogP contribution >= 0.6 is 11.8 Å².